The molecule has 0 saturated carbocycles. The van der Waals surface area contributed by atoms with Gasteiger partial charge >= 0.3 is 0 Å². The van der Waals surface area contributed by atoms with Crippen molar-refractivity contribution in [1.82, 2.24) is 14.5 Å². The van der Waals surface area contributed by atoms with E-state index in [0.29, 0.717) is 0 Å². The Kier molecular flexibility index (Phi) is 6.95. The van der Waals surface area contributed by atoms with Crippen molar-refractivity contribution in [3.8, 4) is 61.8 Å². The highest BCUT2D eigenvalue weighted by Crippen LogP contribution is 2.37. The van der Waals surface area contributed by atoms with E-state index in [1.807, 2.05) is 0 Å². The van der Waals surface area contributed by atoms with Gasteiger partial charge in [0.05, 0.1) is 22.4 Å². The third-order valence-corrected chi connectivity index (χ3v) is 14.3. The first kappa shape index (κ1) is 30.5. The SMILES string of the molecule is C[Si]1(C)c2ccccc2-c2nc(-c3cccc(-n4c5ccccc5c5ccccc54)c3)nc(-c3cccc(-c4cccc(-c5ccccc5)c4)c3)c21. The van der Waals surface area contributed by atoms with E-state index in [4.69, 9.17) is 9.97 Å². The zero-order valence-corrected chi connectivity index (χ0v) is 30.1. The minimum absolute atomic E-state index is 0.745. The molecular formula is C48H35N3Si. The van der Waals surface area contributed by atoms with E-state index in [0.717, 1.165) is 34.0 Å². The summed E-state index contributed by atoms with van der Waals surface area (Å²) < 4.78 is 2.36. The molecule has 0 bridgehead atoms. The Morgan fingerprint density at radius 1 is 0.423 bits per heavy atom. The van der Waals surface area contributed by atoms with Gasteiger partial charge in [-0.25, -0.2) is 9.97 Å². The van der Waals surface area contributed by atoms with E-state index in [1.165, 1.54) is 60.0 Å². The predicted octanol–water partition coefficient (Wildman–Crippen LogP) is 11.0. The van der Waals surface area contributed by atoms with Gasteiger partial charge in [0.25, 0.3) is 0 Å². The Bertz CT molecular complexity index is 2780. The van der Waals surface area contributed by atoms with E-state index in [9.17, 15) is 0 Å². The zero-order valence-electron chi connectivity index (χ0n) is 29.1. The number of aromatic nitrogens is 3. The van der Waals surface area contributed by atoms with Gasteiger partial charge < -0.3 is 4.57 Å². The lowest BCUT2D eigenvalue weighted by Crippen LogP contribution is -2.50. The number of rotatable bonds is 5. The molecule has 0 saturated heterocycles. The maximum absolute atomic E-state index is 5.52. The molecule has 1 aliphatic rings. The van der Waals surface area contributed by atoms with Crippen molar-refractivity contribution in [3.05, 3.63) is 176 Å². The molecule has 2 aromatic heterocycles. The second kappa shape index (κ2) is 11.9. The van der Waals surface area contributed by atoms with Crippen LogP contribution in [0, 0.1) is 0 Å². The van der Waals surface area contributed by atoms with E-state index in [1.54, 1.807) is 0 Å². The minimum atomic E-state index is -2.13. The minimum Gasteiger partial charge on any atom is -0.309 e. The fourth-order valence-corrected chi connectivity index (χ4v) is 11.5. The molecule has 0 unspecified atom stereocenters. The van der Waals surface area contributed by atoms with Crippen LogP contribution in [0.4, 0.5) is 0 Å². The maximum atomic E-state index is 5.52. The molecule has 0 atom stereocenters. The van der Waals surface area contributed by atoms with Crippen LogP contribution >= 0.6 is 0 Å². The lowest BCUT2D eigenvalue weighted by molar-refractivity contribution is 1.16. The lowest BCUT2D eigenvalue weighted by Gasteiger charge is -2.22. The molecule has 0 N–H and O–H groups in total. The van der Waals surface area contributed by atoms with Gasteiger partial charge in [0.1, 0.15) is 8.07 Å². The van der Waals surface area contributed by atoms with Crippen molar-refractivity contribution in [1.29, 1.82) is 0 Å². The molecule has 246 valence electrons. The van der Waals surface area contributed by atoms with Crippen molar-refractivity contribution in [2.24, 2.45) is 0 Å². The van der Waals surface area contributed by atoms with Gasteiger partial charge in [-0.15, -0.1) is 0 Å². The summed E-state index contributed by atoms with van der Waals surface area (Å²) in [6.45, 7) is 4.89. The van der Waals surface area contributed by atoms with Crippen LogP contribution in [0.25, 0.3) is 83.6 Å². The van der Waals surface area contributed by atoms with Crippen LogP contribution in [0.1, 0.15) is 0 Å². The fourth-order valence-electron chi connectivity index (χ4n) is 8.29. The van der Waals surface area contributed by atoms with Crippen LogP contribution in [0.2, 0.25) is 13.1 Å². The lowest BCUT2D eigenvalue weighted by atomic mass is 9.97. The fraction of sp³-hybridized carbons (Fsp3) is 0.0417. The number of para-hydroxylation sites is 2. The van der Waals surface area contributed by atoms with Gasteiger partial charge in [0.15, 0.2) is 5.82 Å². The van der Waals surface area contributed by atoms with Crippen molar-refractivity contribution in [2.45, 2.75) is 13.1 Å². The first-order chi connectivity index (χ1) is 25.5. The van der Waals surface area contributed by atoms with Crippen LogP contribution in [0.3, 0.4) is 0 Å². The van der Waals surface area contributed by atoms with Gasteiger partial charge in [-0.3, -0.25) is 0 Å². The number of hydrogen-bond acceptors (Lipinski definition) is 2. The summed E-state index contributed by atoms with van der Waals surface area (Å²) in [6.07, 6.45) is 0. The Morgan fingerprint density at radius 3 is 1.67 bits per heavy atom. The second-order valence-corrected chi connectivity index (χ2v) is 18.5. The highest BCUT2D eigenvalue weighted by atomic mass is 28.3. The molecular weight excluding hydrogens is 647 g/mol. The molecule has 0 aliphatic carbocycles. The molecule has 0 spiro atoms. The van der Waals surface area contributed by atoms with Gasteiger partial charge in [-0.1, -0.05) is 153 Å². The zero-order chi connectivity index (χ0) is 34.8. The molecule has 0 radical (unpaired) electrons. The smallest absolute Gasteiger partial charge is 0.160 e. The van der Waals surface area contributed by atoms with Crippen LogP contribution in [0.15, 0.2) is 176 Å². The molecule has 3 nitrogen and oxygen atoms in total. The largest absolute Gasteiger partial charge is 0.309 e. The Hall–Kier alpha value is -6.36. The number of hydrogen-bond donors (Lipinski definition) is 0. The Labute approximate surface area is 304 Å². The highest BCUT2D eigenvalue weighted by molar-refractivity contribution is 7.04. The summed E-state index contributed by atoms with van der Waals surface area (Å²) in [4.78, 5) is 11.0. The molecule has 7 aromatic carbocycles. The molecule has 0 fully saturated rings. The second-order valence-electron chi connectivity index (χ2n) is 14.2. The first-order valence-electron chi connectivity index (χ1n) is 17.9. The molecule has 9 aromatic rings. The summed E-state index contributed by atoms with van der Waals surface area (Å²) in [5, 5.41) is 5.23. The quantitative estimate of drug-likeness (QED) is 0.169. The number of nitrogens with zero attached hydrogens (tertiary/aromatic N) is 3. The molecule has 4 heteroatoms. The molecule has 3 heterocycles. The van der Waals surface area contributed by atoms with Gasteiger partial charge in [0.2, 0.25) is 0 Å². The van der Waals surface area contributed by atoms with E-state index >= 15 is 0 Å². The highest BCUT2D eigenvalue weighted by Gasteiger charge is 2.41. The van der Waals surface area contributed by atoms with Crippen LogP contribution in [-0.4, -0.2) is 22.6 Å². The molecule has 10 rings (SSSR count). The Balaban J connectivity index is 1.16. The first-order valence-corrected chi connectivity index (χ1v) is 20.9. The summed E-state index contributed by atoms with van der Waals surface area (Å²) in [7, 11) is -2.13. The summed E-state index contributed by atoms with van der Waals surface area (Å²) >= 11 is 0. The molecule has 1 aliphatic heterocycles. The predicted molar refractivity (Wildman–Crippen MR) is 220 cm³/mol. The molecule has 0 amide bonds. The van der Waals surface area contributed by atoms with Gasteiger partial charge in [-0.05, 0) is 74.6 Å². The summed E-state index contributed by atoms with van der Waals surface area (Å²) in [5.74, 6) is 0.745. The number of benzene rings is 7. The van der Waals surface area contributed by atoms with Gasteiger partial charge in [-0.2, -0.15) is 0 Å². The average Bonchev–Trinajstić information content (AvgIpc) is 3.67. The van der Waals surface area contributed by atoms with Crippen molar-refractivity contribution < 1.29 is 0 Å². The normalized spacial score (nSPS) is 13.0. The standard InChI is InChI=1S/C48H35N3Si/c1-52(2)44-28-11-8-25-41(44)46-47(52)45(36-20-13-19-35(30-36)34-18-12-17-33(29-34)32-15-4-3-5-16-32)49-48(50-46)37-21-14-22-38(31-37)51-42-26-9-6-23-39(42)40-24-7-10-27-43(40)51/h3-31H,1-2H3. The van der Waals surface area contributed by atoms with Crippen molar-refractivity contribution >= 4 is 40.3 Å². The maximum Gasteiger partial charge on any atom is 0.160 e. The van der Waals surface area contributed by atoms with E-state index in [2.05, 4.69) is 194 Å². The van der Waals surface area contributed by atoms with Gasteiger partial charge in [0, 0.05) is 27.6 Å². The topological polar surface area (TPSA) is 30.7 Å². The van der Waals surface area contributed by atoms with Crippen molar-refractivity contribution in [2.75, 3.05) is 0 Å². The van der Waals surface area contributed by atoms with Crippen molar-refractivity contribution in [3.63, 3.8) is 0 Å². The van der Waals surface area contributed by atoms with Crippen LogP contribution in [-0.2, 0) is 0 Å². The van der Waals surface area contributed by atoms with Crippen LogP contribution < -0.4 is 10.4 Å². The third-order valence-electron chi connectivity index (χ3n) is 10.8. The molecule has 52 heavy (non-hydrogen) atoms. The average molecular weight is 682 g/mol. The van der Waals surface area contributed by atoms with Crippen LogP contribution in [0.5, 0.6) is 0 Å². The number of fused-ring (bicyclic) bond motifs is 6. The third kappa shape index (κ3) is 4.79. The summed E-state index contributed by atoms with van der Waals surface area (Å²) in [5.41, 5.74) is 13.7. The summed E-state index contributed by atoms with van der Waals surface area (Å²) in [6, 6.07) is 63.2. The Morgan fingerprint density at radius 2 is 0.942 bits per heavy atom. The monoisotopic (exact) mass is 681 g/mol. The van der Waals surface area contributed by atoms with E-state index in [-0.39, 0.29) is 0 Å². The van der Waals surface area contributed by atoms with E-state index < -0.39 is 8.07 Å².